The second kappa shape index (κ2) is 6.79. The number of amides is 1. The summed E-state index contributed by atoms with van der Waals surface area (Å²) in [5.74, 6) is 0.800. The van der Waals surface area contributed by atoms with Crippen LogP contribution in [0.15, 0.2) is 36.4 Å². The molecule has 0 bridgehead atoms. The number of nitrogens with one attached hydrogen (secondary N) is 3. The largest absolute Gasteiger partial charge is 0.496 e. The van der Waals surface area contributed by atoms with Crippen molar-refractivity contribution in [2.24, 2.45) is 0 Å². The van der Waals surface area contributed by atoms with Crippen molar-refractivity contribution in [3.63, 3.8) is 0 Å². The monoisotopic (exact) mass is 394 g/mol. The molecule has 3 heterocycles. The molecule has 1 aromatic heterocycles. The second-order valence-corrected chi connectivity index (χ2v) is 8.55. The van der Waals surface area contributed by atoms with E-state index in [1.165, 1.54) is 10.4 Å². The predicted molar refractivity (Wildman–Crippen MR) is 112 cm³/mol. The van der Waals surface area contributed by atoms with Gasteiger partial charge in [0.1, 0.15) is 23.5 Å². The average molecular weight is 395 g/mol. The van der Waals surface area contributed by atoms with Crippen molar-refractivity contribution in [1.29, 1.82) is 0 Å². The molecule has 2 aromatic carbocycles. The molecule has 3 N–H and O–H groups in total. The third-order valence-corrected chi connectivity index (χ3v) is 7.11. The molecule has 6 heteroatoms. The summed E-state index contributed by atoms with van der Waals surface area (Å²) in [6.45, 7) is 5.46. The summed E-state index contributed by atoms with van der Waals surface area (Å²) in [6, 6.07) is 12.2. The summed E-state index contributed by atoms with van der Waals surface area (Å²) in [7, 11) is 1.68. The number of likely N-dealkylation sites (N-methyl/N-ethyl adjacent to an activating group) is 1. The number of ether oxygens (including phenoxy) is 1. The number of benzene rings is 2. The minimum absolute atomic E-state index is 0.0196. The lowest BCUT2D eigenvalue weighted by Crippen LogP contribution is -3.11. The first-order valence-corrected chi connectivity index (χ1v) is 10.6. The molecule has 0 radical (unpaired) electrons. The van der Waals surface area contributed by atoms with E-state index in [0.717, 1.165) is 58.7 Å². The molecular weight excluding hydrogens is 370 g/mol. The van der Waals surface area contributed by atoms with E-state index in [1.54, 1.807) is 23.3 Å². The normalized spacial score (nSPS) is 20.9. The topological polar surface area (TPSA) is 54.8 Å². The number of carbonyl (C=O) groups is 1. The molecule has 2 atom stereocenters. The van der Waals surface area contributed by atoms with Crippen LogP contribution in [0.2, 0.25) is 0 Å². The van der Waals surface area contributed by atoms with Crippen molar-refractivity contribution >= 4 is 33.0 Å². The van der Waals surface area contributed by atoms with Gasteiger partial charge in [-0.3, -0.25) is 4.79 Å². The summed E-state index contributed by atoms with van der Waals surface area (Å²) in [5.41, 5.74) is 3.07. The first-order valence-electron chi connectivity index (χ1n) is 9.80. The highest BCUT2D eigenvalue weighted by Gasteiger charge is 2.35. The zero-order valence-corrected chi connectivity index (χ0v) is 16.9. The van der Waals surface area contributed by atoms with Crippen LogP contribution in [0, 0.1) is 0 Å². The lowest BCUT2D eigenvalue weighted by molar-refractivity contribution is -0.913. The fraction of sp³-hybridized carbons (Fsp3) is 0.318. The van der Waals surface area contributed by atoms with Crippen LogP contribution in [-0.2, 0) is 13.0 Å². The van der Waals surface area contributed by atoms with Gasteiger partial charge in [0.2, 0.25) is 0 Å². The first-order chi connectivity index (χ1) is 13.7. The number of rotatable bonds is 3. The van der Waals surface area contributed by atoms with E-state index in [4.69, 9.17) is 4.74 Å². The van der Waals surface area contributed by atoms with Crippen LogP contribution in [0.25, 0.3) is 10.8 Å². The van der Waals surface area contributed by atoms with Gasteiger partial charge in [-0.25, -0.2) is 0 Å². The highest BCUT2D eigenvalue weighted by Crippen LogP contribution is 2.41. The molecule has 5 nitrogen and oxygen atoms in total. The highest BCUT2D eigenvalue weighted by atomic mass is 32.1. The predicted octanol–water partition coefficient (Wildman–Crippen LogP) is 2.72. The van der Waals surface area contributed by atoms with Gasteiger partial charge in [-0.15, -0.1) is 11.3 Å². The van der Waals surface area contributed by atoms with Crippen molar-refractivity contribution in [3.05, 3.63) is 58.0 Å². The van der Waals surface area contributed by atoms with Crippen LogP contribution in [0.4, 0.5) is 5.00 Å². The molecular formula is C22H24N3O2S+. The Morgan fingerprint density at radius 2 is 2.07 bits per heavy atom. The van der Waals surface area contributed by atoms with Gasteiger partial charge in [-0.1, -0.05) is 30.3 Å². The fourth-order valence-corrected chi connectivity index (χ4v) is 5.79. The van der Waals surface area contributed by atoms with Crippen LogP contribution >= 0.6 is 11.3 Å². The third-order valence-electron chi connectivity index (χ3n) is 5.95. The standard InChI is InChI=1S/C22H23N3O2S/c1-3-25-11-10-15-17(12-25)28-22-19(15)21(26)23-20(24-22)18-14-7-5-4-6-13(14)8-9-16(18)27-2/h4-9,20,24H,3,10-12H2,1-2H3,(H,23,26)/p+1/t20-/m0/s1. The Morgan fingerprint density at radius 3 is 2.89 bits per heavy atom. The smallest absolute Gasteiger partial charge is 0.256 e. The molecule has 1 amide bonds. The average Bonchev–Trinajstić information content (AvgIpc) is 3.10. The highest BCUT2D eigenvalue weighted by molar-refractivity contribution is 7.16. The summed E-state index contributed by atoms with van der Waals surface area (Å²) in [5, 5.41) is 10.00. The van der Waals surface area contributed by atoms with Crippen LogP contribution in [0.5, 0.6) is 5.75 Å². The number of thiophene rings is 1. The van der Waals surface area contributed by atoms with Gasteiger partial charge in [0, 0.05) is 12.0 Å². The molecule has 0 aliphatic carbocycles. The molecule has 0 saturated carbocycles. The Balaban J connectivity index is 1.59. The van der Waals surface area contributed by atoms with E-state index in [-0.39, 0.29) is 12.1 Å². The van der Waals surface area contributed by atoms with Crippen molar-refractivity contribution in [1.82, 2.24) is 5.32 Å². The Hall–Kier alpha value is -2.57. The lowest BCUT2D eigenvalue weighted by Gasteiger charge is -2.29. The minimum Gasteiger partial charge on any atom is -0.496 e. The van der Waals surface area contributed by atoms with Gasteiger partial charge in [0.05, 0.1) is 30.6 Å². The number of hydrogen-bond acceptors (Lipinski definition) is 4. The molecule has 144 valence electrons. The maximum absolute atomic E-state index is 13.1. The Labute approximate surface area is 168 Å². The summed E-state index contributed by atoms with van der Waals surface area (Å²) in [4.78, 5) is 16.0. The zero-order chi connectivity index (χ0) is 19.3. The molecule has 1 unspecified atom stereocenters. The third kappa shape index (κ3) is 2.67. The molecule has 2 aliphatic heterocycles. The van der Waals surface area contributed by atoms with Gasteiger partial charge >= 0.3 is 0 Å². The van der Waals surface area contributed by atoms with E-state index < -0.39 is 0 Å². The van der Waals surface area contributed by atoms with Gasteiger partial charge in [0.25, 0.3) is 5.91 Å². The van der Waals surface area contributed by atoms with E-state index in [0.29, 0.717) is 0 Å². The summed E-state index contributed by atoms with van der Waals surface area (Å²) in [6.07, 6.45) is 0.664. The maximum Gasteiger partial charge on any atom is 0.256 e. The summed E-state index contributed by atoms with van der Waals surface area (Å²) < 4.78 is 5.65. The van der Waals surface area contributed by atoms with E-state index in [2.05, 4.69) is 35.8 Å². The van der Waals surface area contributed by atoms with Crippen molar-refractivity contribution < 1.29 is 14.4 Å². The number of hydrogen-bond donors (Lipinski definition) is 3. The van der Waals surface area contributed by atoms with Crippen LogP contribution in [0.1, 0.15) is 39.5 Å². The first kappa shape index (κ1) is 17.5. The van der Waals surface area contributed by atoms with E-state index in [9.17, 15) is 4.79 Å². The van der Waals surface area contributed by atoms with Crippen molar-refractivity contribution in [3.8, 4) is 5.75 Å². The van der Waals surface area contributed by atoms with Gasteiger partial charge in [-0.2, -0.15) is 0 Å². The quantitative estimate of drug-likeness (QED) is 0.640. The van der Waals surface area contributed by atoms with Crippen LogP contribution in [0.3, 0.4) is 0 Å². The number of anilines is 1. The van der Waals surface area contributed by atoms with Gasteiger partial charge in [0.15, 0.2) is 0 Å². The maximum atomic E-state index is 13.1. The Kier molecular flexibility index (Phi) is 4.25. The second-order valence-electron chi connectivity index (χ2n) is 7.44. The van der Waals surface area contributed by atoms with Crippen LogP contribution < -0.4 is 20.3 Å². The lowest BCUT2D eigenvalue weighted by atomic mass is 9.97. The molecule has 5 rings (SSSR count). The number of methoxy groups -OCH3 is 1. The fourth-order valence-electron chi connectivity index (χ4n) is 4.45. The SMILES string of the molecule is CC[NH+]1CCc2c(sc3c2C(=O)N[C@H](c2c(OC)ccc4ccccc24)N3)C1. The molecule has 3 aromatic rings. The van der Waals surface area contributed by atoms with E-state index >= 15 is 0 Å². The number of fused-ring (bicyclic) bond motifs is 4. The zero-order valence-electron chi connectivity index (χ0n) is 16.1. The molecule has 0 saturated heterocycles. The number of carbonyl (C=O) groups excluding carboxylic acids is 1. The van der Waals surface area contributed by atoms with E-state index in [1.807, 2.05) is 18.2 Å². The van der Waals surface area contributed by atoms with Gasteiger partial charge < -0.3 is 20.3 Å². The molecule has 2 aliphatic rings. The Bertz CT molecular complexity index is 1080. The number of quaternary nitrogens is 1. The molecule has 28 heavy (non-hydrogen) atoms. The van der Waals surface area contributed by atoms with Crippen molar-refractivity contribution in [2.45, 2.75) is 26.1 Å². The van der Waals surface area contributed by atoms with Gasteiger partial charge in [-0.05, 0) is 29.3 Å². The van der Waals surface area contributed by atoms with Crippen molar-refractivity contribution in [2.75, 3.05) is 25.5 Å². The minimum atomic E-state index is -0.309. The Morgan fingerprint density at radius 1 is 1.21 bits per heavy atom. The molecule has 0 fully saturated rings. The summed E-state index contributed by atoms with van der Waals surface area (Å²) >= 11 is 1.74. The van der Waals surface area contributed by atoms with Crippen LogP contribution in [-0.4, -0.2) is 26.1 Å². The molecule has 0 spiro atoms.